The maximum absolute atomic E-state index is 15.7. The molecule has 0 aliphatic carbocycles. The maximum atomic E-state index is 15.7. The van der Waals surface area contributed by atoms with E-state index in [1.54, 1.807) is 6.07 Å². The number of carbonyl (C=O) groups is 1. The highest BCUT2D eigenvalue weighted by Gasteiger charge is 2.35. The molecule has 10 nitrogen and oxygen atoms in total. The van der Waals surface area contributed by atoms with Crippen LogP contribution in [0.5, 0.6) is 11.5 Å². The van der Waals surface area contributed by atoms with Crippen molar-refractivity contribution in [1.29, 1.82) is 0 Å². The van der Waals surface area contributed by atoms with Crippen LogP contribution in [0, 0.1) is 24.5 Å². The Labute approximate surface area is 229 Å². The molecule has 14 heteroatoms. The Bertz CT molecular complexity index is 1540. The minimum absolute atomic E-state index is 0.0153. The zero-order chi connectivity index (χ0) is 29.2. The Morgan fingerprint density at radius 1 is 1.18 bits per heavy atom. The normalized spacial score (nSPS) is 15.2. The fourth-order valence-corrected chi connectivity index (χ4v) is 5.99. The summed E-state index contributed by atoms with van der Waals surface area (Å²) in [5.74, 6) is -3.50. The smallest absolute Gasteiger partial charge is 0.407 e. The molecule has 1 amide bonds. The molecule has 2 N–H and O–H groups in total. The van der Waals surface area contributed by atoms with Gasteiger partial charge in [0.15, 0.2) is 10.7 Å². The molecule has 3 aromatic rings. The highest BCUT2D eigenvalue weighted by Crippen LogP contribution is 2.35. The van der Waals surface area contributed by atoms with Crippen LogP contribution in [-0.2, 0) is 16.6 Å². The summed E-state index contributed by atoms with van der Waals surface area (Å²) >= 11 is 0. The van der Waals surface area contributed by atoms with E-state index in [1.807, 2.05) is 0 Å². The number of benzene rings is 2. The van der Waals surface area contributed by atoms with Crippen molar-refractivity contribution in [2.75, 3.05) is 36.9 Å². The second-order valence-corrected chi connectivity index (χ2v) is 10.8. The van der Waals surface area contributed by atoms with Crippen LogP contribution in [0.25, 0.3) is 0 Å². The lowest BCUT2D eigenvalue weighted by atomic mass is 10.1. The molecular weight excluding hydrogens is 553 g/mol. The number of methoxy groups -OCH3 is 2. The summed E-state index contributed by atoms with van der Waals surface area (Å²) in [6.07, 6.45) is -0.711. The van der Waals surface area contributed by atoms with E-state index in [9.17, 15) is 17.6 Å². The maximum Gasteiger partial charge on any atom is 0.407 e. The Morgan fingerprint density at radius 3 is 2.55 bits per heavy atom. The van der Waals surface area contributed by atoms with Gasteiger partial charge in [-0.3, -0.25) is 0 Å². The van der Waals surface area contributed by atoms with E-state index in [-0.39, 0.29) is 35.7 Å². The fourth-order valence-electron chi connectivity index (χ4n) is 4.42. The third kappa shape index (κ3) is 5.71. The number of rotatable bonds is 9. The number of ether oxygens (including phenoxy) is 2. The average molecular weight is 581 g/mol. The number of anilines is 2. The van der Waals surface area contributed by atoms with Gasteiger partial charge in [0.2, 0.25) is 5.95 Å². The summed E-state index contributed by atoms with van der Waals surface area (Å²) in [5.41, 5.74) is 0.0827. The first kappa shape index (κ1) is 28.8. The lowest BCUT2D eigenvalue weighted by molar-refractivity contribution is 0.155. The zero-order valence-electron chi connectivity index (χ0n) is 21.8. The lowest BCUT2D eigenvalue weighted by Crippen LogP contribution is -2.33. The van der Waals surface area contributed by atoms with Gasteiger partial charge in [-0.1, -0.05) is 6.07 Å². The molecule has 0 unspecified atom stereocenters. The molecule has 1 fully saturated rings. The highest BCUT2D eigenvalue weighted by atomic mass is 32.2. The predicted molar refractivity (Wildman–Crippen MR) is 140 cm³/mol. The van der Waals surface area contributed by atoms with Crippen LogP contribution in [0.1, 0.15) is 17.5 Å². The van der Waals surface area contributed by atoms with E-state index in [0.29, 0.717) is 16.5 Å². The van der Waals surface area contributed by atoms with Crippen LogP contribution < -0.4 is 19.1 Å². The number of sulfonamides is 1. The molecule has 1 atom stereocenters. The van der Waals surface area contributed by atoms with E-state index in [0.717, 1.165) is 17.0 Å². The summed E-state index contributed by atoms with van der Waals surface area (Å²) in [4.78, 5) is 14.8. The molecule has 2 aromatic carbocycles. The Balaban J connectivity index is 1.76. The first-order chi connectivity index (χ1) is 19.0. The molecule has 1 saturated heterocycles. The van der Waals surface area contributed by atoms with Crippen molar-refractivity contribution < 1.29 is 41.0 Å². The van der Waals surface area contributed by atoms with Crippen LogP contribution in [0.3, 0.4) is 0 Å². The Hall–Kier alpha value is -4.20. The standard InChI is InChI=1S/C26H27F3N4O6S/c1-15-20(30-17-9-10-32(14-17)26(34)35)12-19(27)25(24(15)29)40(36,37)33(23-6-4-5-22(28)31-23)13-16-7-8-18(38-2)11-21(16)39-3/h4-8,11-12,17,30H,9-10,13-14H2,1-3H3,(H,34,35)/t17-/m0/s1. The molecule has 0 radical (unpaired) electrons. The van der Waals surface area contributed by atoms with Crippen molar-refractivity contribution >= 4 is 27.6 Å². The van der Waals surface area contributed by atoms with Gasteiger partial charge in [0.1, 0.15) is 23.1 Å². The molecule has 1 aliphatic heterocycles. The van der Waals surface area contributed by atoms with E-state index in [4.69, 9.17) is 14.6 Å². The molecule has 2 heterocycles. The van der Waals surface area contributed by atoms with E-state index >= 15 is 8.78 Å². The van der Waals surface area contributed by atoms with Gasteiger partial charge in [-0.15, -0.1) is 0 Å². The van der Waals surface area contributed by atoms with Crippen LogP contribution >= 0.6 is 0 Å². The number of hydrogen-bond donors (Lipinski definition) is 2. The van der Waals surface area contributed by atoms with Gasteiger partial charge < -0.3 is 24.8 Å². The molecule has 40 heavy (non-hydrogen) atoms. The molecule has 4 rings (SSSR count). The molecule has 0 spiro atoms. The van der Waals surface area contributed by atoms with Crippen LogP contribution in [0.4, 0.5) is 29.5 Å². The largest absolute Gasteiger partial charge is 0.497 e. The first-order valence-corrected chi connectivity index (χ1v) is 13.5. The van der Waals surface area contributed by atoms with Crippen molar-refractivity contribution in [3.63, 3.8) is 0 Å². The molecule has 0 saturated carbocycles. The number of halogens is 3. The van der Waals surface area contributed by atoms with Gasteiger partial charge >= 0.3 is 6.09 Å². The third-order valence-electron chi connectivity index (χ3n) is 6.55. The van der Waals surface area contributed by atoms with E-state index in [2.05, 4.69) is 10.3 Å². The number of nitrogens with one attached hydrogen (secondary N) is 1. The van der Waals surface area contributed by atoms with Crippen molar-refractivity contribution in [2.24, 2.45) is 0 Å². The van der Waals surface area contributed by atoms with Gasteiger partial charge in [-0.25, -0.2) is 31.3 Å². The number of aromatic nitrogens is 1. The Morgan fingerprint density at radius 2 is 1.93 bits per heavy atom. The van der Waals surface area contributed by atoms with Gasteiger partial charge in [-0.05, 0) is 43.7 Å². The number of hydrogen-bond acceptors (Lipinski definition) is 7. The number of nitrogens with zero attached hydrogens (tertiary/aromatic N) is 3. The predicted octanol–water partition coefficient (Wildman–Crippen LogP) is 4.38. The van der Waals surface area contributed by atoms with Crippen LogP contribution in [0.2, 0.25) is 0 Å². The monoisotopic (exact) mass is 580 g/mol. The third-order valence-corrected chi connectivity index (χ3v) is 8.34. The fraction of sp³-hybridized carbons (Fsp3) is 0.308. The SMILES string of the molecule is COc1ccc(CN(c2cccc(F)n2)S(=O)(=O)c2c(F)cc(N[C@H]3CCN(C(=O)O)C3)c(C)c2F)c(OC)c1. The minimum atomic E-state index is -5.00. The highest BCUT2D eigenvalue weighted by molar-refractivity contribution is 7.92. The summed E-state index contributed by atoms with van der Waals surface area (Å²) in [6, 6.07) is 8.39. The van der Waals surface area contributed by atoms with Crippen molar-refractivity contribution in [3.05, 3.63) is 71.2 Å². The number of carboxylic acid groups (broad SMARTS) is 1. The first-order valence-electron chi connectivity index (χ1n) is 12.1. The van der Waals surface area contributed by atoms with Crippen molar-refractivity contribution in [3.8, 4) is 11.5 Å². The van der Waals surface area contributed by atoms with Crippen molar-refractivity contribution in [1.82, 2.24) is 9.88 Å². The zero-order valence-corrected chi connectivity index (χ0v) is 22.6. The topological polar surface area (TPSA) is 121 Å². The number of likely N-dealkylation sites (tertiary alicyclic amines) is 1. The van der Waals surface area contributed by atoms with Gasteiger partial charge in [0.05, 0.1) is 20.8 Å². The Kier molecular flexibility index (Phi) is 8.28. The van der Waals surface area contributed by atoms with E-state index < -0.39 is 57.0 Å². The quantitative estimate of drug-likeness (QED) is 0.358. The van der Waals surface area contributed by atoms with Crippen LogP contribution in [0.15, 0.2) is 47.4 Å². The molecule has 0 bridgehead atoms. The second kappa shape index (κ2) is 11.5. The summed E-state index contributed by atoms with van der Waals surface area (Å²) < 4.78 is 84.1. The summed E-state index contributed by atoms with van der Waals surface area (Å²) in [6.45, 7) is 1.11. The summed E-state index contributed by atoms with van der Waals surface area (Å²) in [7, 11) is -2.22. The summed E-state index contributed by atoms with van der Waals surface area (Å²) in [5, 5.41) is 12.1. The van der Waals surface area contributed by atoms with Gasteiger partial charge in [0, 0.05) is 42.0 Å². The molecule has 1 aliphatic rings. The molecule has 1 aromatic heterocycles. The average Bonchev–Trinajstić information content (AvgIpc) is 3.39. The van der Waals surface area contributed by atoms with Gasteiger partial charge in [0.25, 0.3) is 10.0 Å². The van der Waals surface area contributed by atoms with E-state index in [1.165, 1.54) is 45.4 Å². The minimum Gasteiger partial charge on any atom is -0.497 e. The lowest BCUT2D eigenvalue weighted by Gasteiger charge is -2.26. The van der Waals surface area contributed by atoms with Crippen molar-refractivity contribution in [2.45, 2.75) is 30.8 Å². The second-order valence-electron chi connectivity index (χ2n) is 9.04. The number of amides is 1. The molecular formula is C26H27F3N4O6S. The van der Waals surface area contributed by atoms with Crippen LogP contribution in [-0.4, -0.2) is 62.9 Å². The molecule has 214 valence electrons. The number of pyridine rings is 1. The van der Waals surface area contributed by atoms with Gasteiger partial charge in [-0.2, -0.15) is 4.39 Å².